The molecule has 0 radical (unpaired) electrons. The van der Waals surface area contributed by atoms with Crippen molar-refractivity contribution in [3.05, 3.63) is 0 Å². The van der Waals surface area contributed by atoms with Crippen LogP contribution in [0.3, 0.4) is 0 Å². The molecule has 0 aromatic heterocycles. The monoisotopic (exact) mass is 141 g/mol. The van der Waals surface area contributed by atoms with E-state index < -0.39 is 0 Å². The SMILES string of the molecule is CC1(C)C[C@]12COCCN2. The van der Waals surface area contributed by atoms with E-state index in [4.69, 9.17) is 4.74 Å². The Morgan fingerprint density at radius 1 is 1.40 bits per heavy atom. The Kier molecular flexibility index (Phi) is 1.15. The summed E-state index contributed by atoms with van der Waals surface area (Å²) < 4.78 is 5.42. The normalized spacial score (nSPS) is 43.8. The molecule has 2 heteroatoms. The minimum atomic E-state index is 0.352. The van der Waals surface area contributed by atoms with E-state index in [1.807, 2.05) is 0 Å². The van der Waals surface area contributed by atoms with E-state index >= 15 is 0 Å². The van der Waals surface area contributed by atoms with E-state index in [0.29, 0.717) is 11.0 Å². The summed E-state index contributed by atoms with van der Waals surface area (Å²) in [5, 5.41) is 3.53. The van der Waals surface area contributed by atoms with Crippen LogP contribution in [0.1, 0.15) is 20.3 Å². The van der Waals surface area contributed by atoms with Gasteiger partial charge in [0.25, 0.3) is 0 Å². The van der Waals surface area contributed by atoms with Gasteiger partial charge < -0.3 is 10.1 Å². The predicted molar refractivity (Wildman–Crippen MR) is 40.0 cm³/mol. The Morgan fingerprint density at radius 2 is 2.10 bits per heavy atom. The van der Waals surface area contributed by atoms with Crippen molar-refractivity contribution in [3.63, 3.8) is 0 Å². The molecule has 1 heterocycles. The first-order valence-electron chi connectivity index (χ1n) is 3.99. The third-order valence-corrected chi connectivity index (χ3v) is 2.97. The highest BCUT2D eigenvalue weighted by molar-refractivity contribution is 5.17. The highest BCUT2D eigenvalue weighted by Crippen LogP contribution is 2.56. The second kappa shape index (κ2) is 1.74. The zero-order valence-corrected chi connectivity index (χ0v) is 6.74. The van der Waals surface area contributed by atoms with E-state index in [1.165, 1.54) is 6.42 Å². The van der Waals surface area contributed by atoms with Gasteiger partial charge in [-0.3, -0.25) is 0 Å². The molecular formula is C8H15NO. The number of morpholine rings is 1. The van der Waals surface area contributed by atoms with Crippen molar-refractivity contribution in [1.29, 1.82) is 0 Å². The van der Waals surface area contributed by atoms with E-state index in [2.05, 4.69) is 19.2 Å². The molecule has 0 aromatic rings. The Morgan fingerprint density at radius 3 is 2.40 bits per heavy atom. The molecule has 1 aliphatic heterocycles. The van der Waals surface area contributed by atoms with Crippen LogP contribution < -0.4 is 5.32 Å². The zero-order valence-electron chi connectivity index (χ0n) is 6.74. The molecule has 0 amide bonds. The van der Waals surface area contributed by atoms with Gasteiger partial charge in [0.05, 0.1) is 13.2 Å². The molecule has 1 atom stereocenters. The van der Waals surface area contributed by atoms with E-state index in [1.54, 1.807) is 0 Å². The second-order valence-corrected chi connectivity index (χ2v) is 4.12. The van der Waals surface area contributed by atoms with Crippen LogP contribution in [0.25, 0.3) is 0 Å². The van der Waals surface area contributed by atoms with Gasteiger partial charge in [0.2, 0.25) is 0 Å². The standard InChI is InChI=1S/C8H15NO/c1-7(2)5-8(7)6-10-4-3-9-8/h9H,3-6H2,1-2H3/t8-/m0/s1. The molecule has 0 bridgehead atoms. The van der Waals surface area contributed by atoms with Crippen LogP contribution in [-0.4, -0.2) is 25.3 Å². The largest absolute Gasteiger partial charge is 0.378 e. The summed E-state index contributed by atoms with van der Waals surface area (Å²) in [5.74, 6) is 0. The fourth-order valence-corrected chi connectivity index (χ4v) is 1.92. The Labute approximate surface area is 61.9 Å². The summed E-state index contributed by atoms with van der Waals surface area (Å²) >= 11 is 0. The van der Waals surface area contributed by atoms with E-state index in [-0.39, 0.29) is 0 Å². The van der Waals surface area contributed by atoms with Crippen LogP contribution in [0.4, 0.5) is 0 Å². The Balaban J connectivity index is 2.05. The first-order valence-corrected chi connectivity index (χ1v) is 3.99. The summed E-state index contributed by atoms with van der Waals surface area (Å²) in [4.78, 5) is 0. The average Bonchev–Trinajstić information content (AvgIpc) is 2.36. The van der Waals surface area contributed by atoms with Gasteiger partial charge in [0, 0.05) is 12.1 Å². The number of rotatable bonds is 0. The van der Waals surface area contributed by atoms with Gasteiger partial charge >= 0.3 is 0 Å². The number of hydrogen-bond donors (Lipinski definition) is 1. The van der Waals surface area contributed by atoms with Gasteiger partial charge in [0.1, 0.15) is 0 Å². The van der Waals surface area contributed by atoms with Crippen molar-refractivity contribution in [2.45, 2.75) is 25.8 Å². The molecule has 1 spiro atoms. The lowest BCUT2D eigenvalue weighted by Gasteiger charge is -2.26. The number of hydrogen-bond acceptors (Lipinski definition) is 2. The summed E-state index contributed by atoms with van der Waals surface area (Å²) in [6, 6.07) is 0. The molecular weight excluding hydrogens is 126 g/mol. The highest BCUT2D eigenvalue weighted by Gasteiger charge is 2.61. The van der Waals surface area contributed by atoms with Gasteiger partial charge in [-0.2, -0.15) is 0 Å². The fraction of sp³-hybridized carbons (Fsp3) is 1.00. The second-order valence-electron chi connectivity index (χ2n) is 4.12. The Hall–Kier alpha value is -0.0800. The smallest absolute Gasteiger partial charge is 0.0654 e. The van der Waals surface area contributed by atoms with Gasteiger partial charge in [-0.25, -0.2) is 0 Å². The van der Waals surface area contributed by atoms with E-state index in [9.17, 15) is 0 Å². The molecule has 2 rings (SSSR count). The molecule has 1 aliphatic carbocycles. The lowest BCUT2D eigenvalue weighted by atomic mass is 10.1. The maximum Gasteiger partial charge on any atom is 0.0654 e. The molecule has 2 fully saturated rings. The molecule has 1 N–H and O–H groups in total. The van der Waals surface area contributed by atoms with Crippen molar-refractivity contribution >= 4 is 0 Å². The first kappa shape index (κ1) is 6.62. The minimum Gasteiger partial charge on any atom is -0.378 e. The van der Waals surface area contributed by atoms with Crippen molar-refractivity contribution in [2.75, 3.05) is 19.8 Å². The number of nitrogens with one attached hydrogen (secondary N) is 1. The van der Waals surface area contributed by atoms with Crippen molar-refractivity contribution < 1.29 is 4.74 Å². The van der Waals surface area contributed by atoms with Crippen molar-refractivity contribution in [1.82, 2.24) is 5.32 Å². The Bertz CT molecular complexity index is 147. The van der Waals surface area contributed by atoms with Gasteiger partial charge in [-0.1, -0.05) is 13.8 Å². The van der Waals surface area contributed by atoms with Crippen LogP contribution in [0.15, 0.2) is 0 Å². The predicted octanol–water partition coefficient (Wildman–Crippen LogP) is 0.775. The van der Waals surface area contributed by atoms with Crippen molar-refractivity contribution in [3.8, 4) is 0 Å². The van der Waals surface area contributed by atoms with Crippen LogP contribution in [0.5, 0.6) is 0 Å². The zero-order chi connectivity index (χ0) is 7.24. The topological polar surface area (TPSA) is 21.3 Å². The molecule has 2 nitrogen and oxygen atoms in total. The number of ether oxygens (including phenoxy) is 1. The van der Waals surface area contributed by atoms with E-state index in [0.717, 1.165) is 19.8 Å². The minimum absolute atomic E-state index is 0.352. The molecule has 1 saturated carbocycles. The summed E-state index contributed by atoms with van der Waals surface area (Å²) in [5.41, 5.74) is 0.832. The first-order chi connectivity index (χ1) is 4.66. The maximum absolute atomic E-state index is 5.42. The van der Waals surface area contributed by atoms with Crippen molar-refractivity contribution in [2.24, 2.45) is 5.41 Å². The third-order valence-electron chi connectivity index (χ3n) is 2.97. The van der Waals surface area contributed by atoms with Crippen LogP contribution in [-0.2, 0) is 4.74 Å². The lowest BCUT2D eigenvalue weighted by Crippen LogP contribution is -2.46. The summed E-state index contributed by atoms with van der Waals surface area (Å²) in [6.07, 6.45) is 1.28. The van der Waals surface area contributed by atoms with Crippen LogP contribution in [0.2, 0.25) is 0 Å². The van der Waals surface area contributed by atoms with Gasteiger partial charge in [-0.15, -0.1) is 0 Å². The quantitative estimate of drug-likeness (QED) is 0.538. The highest BCUT2D eigenvalue weighted by atomic mass is 16.5. The van der Waals surface area contributed by atoms with Crippen LogP contribution >= 0.6 is 0 Å². The molecule has 0 unspecified atom stereocenters. The summed E-state index contributed by atoms with van der Waals surface area (Å²) in [6.45, 7) is 7.44. The average molecular weight is 141 g/mol. The molecule has 58 valence electrons. The molecule has 10 heavy (non-hydrogen) atoms. The molecule has 1 saturated heterocycles. The maximum atomic E-state index is 5.42. The molecule has 2 aliphatic rings. The summed E-state index contributed by atoms with van der Waals surface area (Å²) in [7, 11) is 0. The fourth-order valence-electron chi connectivity index (χ4n) is 1.92. The lowest BCUT2D eigenvalue weighted by molar-refractivity contribution is 0.0552. The van der Waals surface area contributed by atoms with Gasteiger partial charge in [-0.05, 0) is 11.8 Å². The van der Waals surface area contributed by atoms with Crippen LogP contribution in [0, 0.1) is 5.41 Å². The van der Waals surface area contributed by atoms with Gasteiger partial charge in [0.15, 0.2) is 0 Å². The third kappa shape index (κ3) is 0.722. The molecule has 0 aromatic carbocycles.